The van der Waals surface area contributed by atoms with Crippen molar-refractivity contribution in [3.63, 3.8) is 0 Å². The van der Waals surface area contributed by atoms with Gasteiger partial charge in [-0.15, -0.1) is 0 Å². The number of methoxy groups -OCH3 is 1. The number of fused-ring (bicyclic) bond motifs is 1. The third kappa shape index (κ3) is 4.22. The van der Waals surface area contributed by atoms with E-state index in [1.54, 1.807) is 13.3 Å². The number of carbonyl (C=O) groups is 1. The molecule has 2 N–H and O–H groups in total. The molecule has 1 saturated heterocycles. The lowest BCUT2D eigenvalue weighted by Crippen LogP contribution is -2.28. The first-order chi connectivity index (χ1) is 15.7. The van der Waals surface area contributed by atoms with Gasteiger partial charge in [0.2, 0.25) is 5.91 Å². The molecular formula is C26H26N4O2. The van der Waals surface area contributed by atoms with Crippen molar-refractivity contribution in [1.29, 1.82) is 0 Å². The van der Waals surface area contributed by atoms with Crippen LogP contribution in [0.4, 0.5) is 5.69 Å². The van der Waals surface area contributed by atoms with Gasteiger partial charge in [-0.25, -0.2) is 0 Å². The predicted molar refractivity (Wildman–Crippen MR) is 126 cm³/mol. The number of nitrogens with zero attached hydrogens (tertiary/aromatic N) is 2. The zero-order valence-corrected chi connectivity index (χ0v) is 18.0. The first kappa shape index (κ1) is 20.3. The Morgan fingerprint density at radius 2 is 1.97 bits per heavy atom. The fourth-order valence-electron chi connectivity index (χ4n) is 4.59. The van der Waals surface area contributed by atoms with E-state index in [-0.39, 0.29) is 17.7 Å². The van der Waals surface area contributed by atoms with Crippen LogP contribution in [0.1, 0.15) is 17.0 Å². The minimum absolute atomic E-state index is 0.0382. The third-order valence-corrected chi connectivity index (χ3v) is 6.21. The van der Waals surface area contributed by atoms with E-state index in [1.165, 1.54) is 5.56 Å². The van der Waals surface area contributed by atoms with Gasteiger partial charge >= 0.3 is 0 Å². The first-order valence-electron chi connectivity index (χ1n) is 10.8. The molecule has 1 aliphatic rings. The Kier molecular flexibility index (Phi) is 5.60. The molecule has 0 spiro atoms. The number of benzene rings is 3. The molecule has 1 aliphatic heterocycles. The number of aromatic amines is 1. The molecule has 0 aliphatic carbocycles. The molecule has 2 unspecified atom stereocenters. The smallest absolute Gasteiger partial charge is 0.229 e. The molecule has 6 nitrogen and oxygen atoms in total. The van der Waals surface area contributed by atoms with Crippen molar-refractivity contribution in [2.24, 2.45) is 5.92 Å². The molecule has 0 saturated carbocycles. The lowest BCUT2D eigenvalue weighted by atomic mass is 9.88. The first-order valence-corrected chi connectivity index (χ1v) is 10.8. The monoisotopic (exact) mass is 426 g/mol. The summed E-state index contributed by atoms with van der Waals surface area (Å²) in [7, 11) is 1.67. The minimum atomic E-state index is -0.161. The van der Waals surface area contributed by atoms with Crippen LogP contribution in [0, 0.1) is 5.92 Å². The fourth-order valence-corrected chi connectivity index (χ4v) is 4.59. The van der Waals surface area contributed by atoms with E-state index < -0.39 is 0 Å². The number of nitrogens with one attached hydrogen (secondary N) is 2. The largest absolute Gasteiger partial charge is 0.497 e. The van der Waals surface area contributed by atoms with Crippen LogP contribution in [0.3, 0.4) is 0 Å². The maximum atomic E-state index is 13.4. The number of likely N-dealkylation sites (tertiary alicyclic amines) is 1. The molecule has 1 fully saturated rings. The van der Waals surface area contributed by atoms with Gasteiger partial charge in [0.1, 0.15) is 5.75 Å². The number of rotatable bonds is 6. The van der Waals surface area contributed by atoms with Crippen LogP contribution in [-0.4, -0.2) is 41.2 Å². The van der Waals surface area contributed by atoms with Gasteiger partial charge in [0, 0.05) is 36.6 Å². The summed E-state index contributed by atoms with van der Waals surface area (Å²) in [5.41, 5.74) is 4.12. The SMILES string of the molecule is COc1cccc(C2CN(Cc3ccccc3)CC2C(=O)Nc2ccc3[nH]ncc3c2)c1. The number of hydrogen-bond donors (Lipinski definition) is 2. The molecule has 162 valence electrons. The van der Waals surface area contributed by atoms with E-state index >= 15 is 0 Å². The highest BCUT2D eigenvalue weighted by Crippen LogP contribution is 2.36. The average Bonchev–Trinajstić information content (AvgIpc) is 3.46. The molecule has 2 heterocycles. The summed E-state index contributed by atoms with van der Waals surface area (Å²) in [4.78, 5) is 15.8. The quantitative estimate of drug-likeness (QED) is 0.479. The van der Waals surface area contributed by atoms with Crippen LogP contribution >= 0.6 is 0 Å². The van der Waals surface area contributed by atoms with E-state index in [4.69, 9.17) is 4.74 Å². The van der Waals surface area contributed by atoms with Gasteiger partial charge in [0.15, 0.2) is 0 Å². The molecule has 0 bridgehead atoms. The van der Waals surface area contributed by atoms with Crippen molar-refractivity contribution >= 4 is 22.5 Å². The Balaban J connectivity index is 1.39. The predicted octanol–water partition coefficient (Wildman–Crippen LogP) is 4.43. The van der Waals surface area contributed by atoms with E-state index in [2.05, 4.69) is 56.8 Å². The molecule has 1 amide bonds. The van der Waals surface area contributed by atoms with Gasteiger partial charge in [-0.05, 0) is 41.5 Å². The number of aromatic nitrogens is 2. The second-order valence-electron chi connectivity index (χ2n) is 8.33. The molecule has 4 aromatic rings. The lowest BCUT2D eigenvalue weighted by Gasteiger charge is -2.19. The molecule has 0 radical (unpaired) electrons. The normalized spacial score (nSPS) is 18.7. The lowest BCUT2D eigenvalue weighted by molar-refractivity contribution is -0.119. The second kappa shape index (κ2) is 8.85. The molecule has 3 aromatic carbocycles. The highest BCUT2D eigenvalue weighted by Gasteiger charge is 2.38. The number of ether oxygens (including phenoxy) is 1. The van der Waals surface area contributed by atoms with Crippen LogP contribution in [0.2, 0.25) is 0 Å². The minimum Gasteiger partial charge on any atom is -0.497 e. The maximum Gasteiger partial charge on any atom is 0.229 e. The van der Waals surface area contributed by atoms with E-state index in [0.717, 1.165) is 41.0 Å². The summed E-state index contributed by atoms with van der Waals surface area (Å²) in [5, 5.41) is 11.1. The molecule has 1 aromatic heterocycles. The molecular weight excluding hydrogens is 400 g/mol. The van der Waals surface area contributed by atoms with Crippen LogP contribution in [0.15, 0.2) is 79.0 Å². The van der Waals surface area contributed by atoms with Crippen molar-refractivity contribution in [3.05, 3.63) is 90.1 Å². The average molecular weight is 427 g/mol. The Bertz CT molecular complexity index is 1220. The highest BCUT2D eigenvalue weighted by molar-refractivity contribution is 5.95. The van der Waals surface area contributed by atoms with Crippen molar-refractivity contribution in [2.45, 2.75) is 12.5 Å². The maximum absolute atomic E-state index is 13.4. The van der Waals surface area contributed by atoms with Crippen LogP contribution in [-0.2, 0) is 11.3 Å². The Hall–Kier alpha value is -3.64. The molecule has 6 heteroatoms. The Morgan fingerprint density at radius 1 is 1.09 bits per heavy atom. The van der Waals surface area contributed by atoms with Crippen LogP contribution in [0.5, 0.6) is 5.75 Å². The van der Waals surface area contributed by atoms with Crippen molar-refractivity contribution in [1.82, 2.24) is 15.1 Å². The highest BCUT2D eigenvalue weighted by atomic mass is 16.5. The third-order valence-electron chi connectivity index (χ3n) is 6.21. The van der Waals surface area contributed by atoms with Crippen LogP contribution in [0.25, 0.3) is 10.9 Å². The van der Waals surface area contributed by atoms with Gasteiger partial charge in [-0.2, -0.15) is 5.10 Å². The Morgan fingerprint density at radius 3 is 2.81 bits per heavy atom. The van der Waals surface area contributed by atoms with Crippen LogP contribution < -0.4 is 10.1 Å². The fraction of sp³-hybridized carbons (Fsp3) is 0.231. The number of carbonyl (C=O) groups excluding carboxylic acids is 1. The number of amides is 1. The number of anilines is 1. The molecule has 32 heavy (non-hydrogen) atoms. The van der Waals surface area contributed by atoms with E-state index in [1.807, 2.05) is 36.4 Å². The standard InChI is InChI=1S/C26H26N4O2/c1-32-22-9-5-8-19(13-22)23-16-30(15-18-6-3-2-4-7-18)17-24(23)26(31)28-21-10-11-25-20(12-21)14-27-29-25/h2-14,23-24H,15-17H2,1H3,(H,27,29)(H,28,31). The summed E-state index contributed by atoms with van der Waals surface area (Å²) in [6, 6.07) is 24.3. The van der Waals surface area contributed by atoms with Gasteiger partial charge in [0.05, 0.1) is 24.7 Å². The summed E-state index contributed by atoms with van der Waals surface area (Å²) in [5.74, 6) is 0.780. The van der Waals surface area contributed by atoms with E-state index in [0.29, 0.717) is 6.54 Å². The summed E-state index contributed by atoms with van der Waals surface area (Å²) < 4.78 is 5.44. The molecule has 5 rings (SSSR count). The summed E-state index contributed by atoms with van der Waals surface area (Å²) in [6.45, 7) is 2.35. The van der Waals surface area contributed by atoms with Gasteiger partial charge < -0.3 is 10.1 Å². The van der Waals surface area contributed by atoms with Crippen molar-refractivity contribution in [2.75, 3.05) is 25.5 Å². The van der Waals surface area contributed by atoms with Gasteiger partial charge in [-0.3, -0.25) is 14.8 Å². The zero-order valence-electron chi connectivity index (χ0n) is 18.0. The Labute approximate surface area is 187 Å². The summed E-state index contributed by atoms with van der Waals surface area (Å²) >= 11 is 0. The number of hydrogen-bond acceptors (Lipinski definition) is 4. The van der Waals surface area contributed by atoms with Crippen molar-refractivity contribution < 1.29 is 9.53 Å². The van der Waals surface area contributed by atoms with E-state index in [9.17, 15) is 4.79 Å². The zero-order chi connectivity index (χ0) is 21.9. The number of H-pyrrole nitrogens is 1. The van der Waals surface area contributed by atoms with Gasteiger partial charge in [-0.1, -0.05) is 42.5 Å². The topological polar surface area (TPSA) is 70.2 Å². The molecule has 2 atom stereocenters. The summed E-state index contributed by atoms with van der Waals surface area (Å²) in [6.07, 6.45) is 1.77. The van der Waals surface area contributed by atoms with Crippen molar-refractivity contribution in [3.8, 4) is 5.75 Å². The second-order valence-corrected chi connectivity index (χ2v) is 8.33. The van der Waals surface area contributed by atoms with Gasteiger partial charge in [0.25, 0.3) is 0 Å².